The highest BCUT2D eigenvalue weighted by atomic mass is 35.5. The van der Waals surface area contributed by atoms with Gasteiger partial charge in [0.05, 0.1) is 5.69 Å². The number of fused-ring (bicyclic) bond motifs is 1. The summed E-state index contributed by atoms with van der Waals surface area (Å²) in [4.78, 5) is 12.0. The van der Waals surface area contributed by atoms with E-state index in [0.29, 0.717) is 10.9 Å². The van der Waals surface area contributed by atoms with Crippen LogP contribution in [0.5, 0.6) is 0 Å². The van der Waals surface area contributed by atoms with Crippen molar-refractivity contribution in [2.75, 3.05) is 5.32 Å². The number of rotatable bonds is 3. The fourth-order valence-corrected chi connectivity index (χ4v) is 2.62. The summed E-state index contributed by atoms with van der Waals surface area (Å²) >= 11 is 6.03. The number of carbonyl (C=O) groups is 1. The maximum absolute atomic E-state index is 12.0. The van der Waals surface area contributed by atoms with Gasteiger partial charge in [-0.3, -0.25) is 10.1 Å². The molecule has 0 aliphatic heterocycles. The first kappa shape index (κ1) is 13.9. The molecular formula is C16H15ClN2O2. The zero-order valence-electron chi connectivity index (χ0n) is 11.4. The van der Waals surface area contributed by atoms with Crippen molar-refractivity contribution in [3.05, 3.63) is 52.2 Å². The molecule has 1 heterocycles. The van der Waals surface area contributed by atoms with Crippen LogP contribution in [-0.4, -0.2) is 11.1 Å². The van der Waals surface area contributed by atoms with Crippen molar-refractivity contribution in [3.63, 3.8) is 0 Å². The van der Waals surface area contributed by atoms with E-state index in [9.17, 15) is 4.79 Å². The van der Waals surface area contributed by atoms with E-state index >= 15 is 0 Å². The largest absolute Gasteiger partial charge is 0.338 e. The van der Waals surface area contributed by atoms with Gasteiger partial charge in [0.2, 0.25) is 5.88 Å². The van der Waals surface area contributed by atoms with Gasteiger partial charge >= 0.3 is 0 Å². The van der Waals surface area contributed by atoms with E-state index in [1.54, 1.807) is 12.1 Å². The molecule has 0 radical (unpaired) electrons. The first-order chi connectivity index (χ1) is 10.2. The third kappa shape index (κ3) is 3.16. The van der Waals surface area contributed by atoms with E-state index in [1.165, 1.54) is 6.08 Å². The van der Waals surface area contributed by atoms with Crippen molar-refractivity contribution in [2.24, 2.45) is 0 Å². The maximum atomic E-state index is 12.0. The number of carbonyl (C=O) groups excluding carboxylic acids is 1. The number of nitrogens with one attached hydrogen (secondary N) is 1. The van der Waals surface area contributed by atoms with E-state index in [2.05, 4.69) is 10.5 Å². The van der Waals surface area contributed by atoms with Crippen LogP contribution in [0.3, 0.4) is 0 Å². The van der Waals surface area contributed by atoms with Crippen LogP contribution in [0, 0.1) is 0 Å². The molecule has 1 aliphatic rings. The van der Waals surface area contributed by atoms with E-state index in [1.807, 2.05) is 18.2 Å². The van der Waals surface area contributed by atoms with Crippen molar-refractivity contribution in [2.45, 2.75) is 25.7 Å². The van der Waals surface area contributed by atoms with Crippen LogP contribution in [0.4, 0.5) is 5.88 Å². The predicted octanol–water partition coefficient (Wildman–Crippen LogP) is 3.86. The minimum atomic E-state index is -0.251. The molecule has 5 heteroatoms. The standard InChI is InChI=1S/C16H15ClN2O2/c17-13-7-3-1-5-11(13)9-10-15(20)18-16-12-6-2-4-8-14(12)19-21-16/h1,3,5,7,9-10H,2,4,6,8H2,(H,18,20)/b10-9+. The lowest BCUT2D eigenvalue weighted by molar-refractivity contribution is -0.112. The third-order valence-electron chi connectivity index (χ3n) is 3.52. The van der Waals surface area contributed by atoms with Gasteiger partial charge in [-0.2, -0.15) is 0 Å². The Balaban J connectivity index is 1.70. The first-order valence-corrected chi connectivity index (χ1v) is 7.33. The maximum Gasteiger partial charge on any atom is 0.250 e. The average molecular weight is 303 g/mol. The summed E-state index contributed by atoms with van der Waals surface area (Å²) < 4.78 is 5.22. The smallest absolute Gasteiger partial charge is 0.250 e. The number of nitrogens with zero attached hydrogens (tertiary/aromatic N) is 1. The highest BCUT2D eigenvalue weighted by molar-refractivity contribution is 6.32. The number of aryl methyl sites for hydroxylation is 1. The molecule has 0 saturated carbocycles. The summed E-state index contributed by atoms with van der Waals surface area (Å²) in [6, 6.07) is 7.35. The fraction of sp³-hybridized carbons (Fsp3) is 0.250. The van der Waals surface area contributed by atoms with Crippen LogP contribution in [0.15, 0.2) is 34.9 Å². The molecule has 0 unspecified atom stereocenters. The molecule has 4 nitrogen and oxygen atoms in total. The summed E-state index contributed by atoms with van der Waals surface area (Å²) in [5.41, 5.74) is 2.79. The lowest BCUT2D eigenvalue weighted by Crippen LogP contribution is -2.10. The summed E-state index contributed by atoms with van der Waals surface area (Å²) in [6.07, 6.45) is 7.18. The molecule has 21 heavy (non-hydrogen) atoms. The van der Waals surface area contributed by atoms with E-state index < -0.39 is 0 Å². The molecule has 0 fully saturated rings. The summed E-state index contributed by atoms with van der Waals surface area (Å²) in [7, 11) is 0. The van der Waals surface area contributed by atoms with Gasteiger partial charge < -0.3 is 4.52 Å². The Labute approximate surface area is 127 Å². The number of benzene rings is 1. The zero-order chi connectivity index (χ0) is 14.7. The van der Waals surface area contributed by atoms with Crippen LogP contribution >= 0.6 is 11.6 Å². The molecule has 0 spiro atoms. The van der Waals surface area contributed by atoms with Gasteiger partial charge in [0, 0.05) is 16.7 Å². The summed E-state index contributed by atoms with van der Waals surface area (Å²) in [6.45, 7) is 0. The van der Waals surface area contributed by atoms with Crippen LogP contribution in [-0.2, 0) is 17.6 Å². The molecule has 1 N–H and O–H groups in total. The second-order valence-electron chi connectivity index (χ2n) is 4.99. The molecule has 3 rings (SSSR count). The van der Waals surface area contributed by atoms with Gasteiger partial charge in [0.1, 0.15) is 0 Å². The molecule has 1 aromatic carbocycles. The van der Waals surface area contributed by atoms with Gasteiger partial charge in [-0.25, -0.2) is 0 Å². The van der Waals surface area contributed by atoms with E-state index in [4.69, 9.17) is 16.1 Å². The molecular weight excluding hydrogens is 288 g/mol. The Hall–Kier alpha value is -2.07. The normalized spacial score (nSPS) is 14.1. The van der Waals surface area contributed by atoms with Gasteiger partial charge in [-0.05, 0) is 43.4 Å². The van der Waals surface area contributed by atoms with Crippen LogP contribution in [0.1, 0.15) is 29.7 Å². The second-order valence-corrected chi connectivity index (χ2v) is 5.40. The monoisotopic (exact) mass is 302 g/mol. The fourth-order valence-electron chi connectivity index (χ4n) is 2.42. The van der Waals surface area contributed by atoms with Crippen molar-refractivity contribution in [1.82, 2.24) is 5.16 Å². The van der Waals surface area contributed by atoms with Crippen molar-refractivity contribution < 1.29 is 9.32 Å². The van der Waals surface area contributed by atoms with Crippen LogP contribution < -0.4 is 5.32 Å². The van der Waals surface area contributed by atoms with Crippen LogP contribution in [0.2, 0.25) is 5.02 Å². The number of hydrogen-bond donors (Lipinski definition) is 1. The Morgan fingerprint density at radius 1 is 1.29 bits per heavy atom. The molecule has 108 valence electrons. The third-order valence-corrected chi connectivity index (χ3v) is 3.86. The summed E-state index contributed by atoms with van der Waals surface area (Å²) in [5, 5.41) is 7.36. The van der Waals surface area contributed by atoms with Crippen molar-refractivity contribution in [1.29, 1.82) is 0 Å². The lowest BCUT2D eigenvalue weighted by atomic mass is 9.98. The Morgan fingerprint density at radius 3 is 2.95 bits per heavy atom. The topological polar surface area (TPSA) is 55.1 Å². The van der Waals surface area contributed by atoms with Crippen molar-refractivity contribution in [3.8, 4) is 0 Å². The van der Waals surface area contributed by atoms with Gasteiger partial charge in [0.15, 0.2) is 0 Å². The Bertz CT molecular complexity index is 691. The molecule has 1 aliphatic carbocycles. The number of halogens is 1. The molecule has 1 amide bonds. The molecule has 2 aromatic rings. The van der Waals surface area contributed by atoms with E-state index in [-0.39, 0.29) is 5.91 Å². The Morgan fingerprint density at radius 2 is 2.10 bits per heavy atom. The van der Waals surface area contributed by atoms with E-state index in [0.717, 1.165) is 42.5 Å². The summed E-state index contributed by atoms with van der Waals surface area (Å²) in [5.74, 6) is 0.220. The SMILES string of the molecule is O=C(/C=C/c1ccccc1Cl)Nc1onc2c1CCCC2. The number of anilines is 1. The number of amides is 1. The molecule has 0 bridgehead atoms. The minimum Gasteiger partial charge on any atom is -0.338 e. The van der Waals surface area contributed by atoms with Crippen molar-refractivity contribution >= 4 is 29.5 Å². The molecule has 0 saturated heterocycles. The average Bonchev–Trinajstić information content (AvgIpc) is 2.90. The second kappa shape index (κ2) is 6.14. The minimum absolute atomic E-state index is 0.251. The van der Waals surface area contributed by atoms with Gasteiger partial charge in [-0.15, -0.1) is 0 Å². The highest BCUT2D eigenvalue weighted by Crippen LogP contribution is 2.27. The zero-order valence-corrected chi connectivity index (χ0v) is 12.2. The Kier molecular flexibility index (Phi) is 4.06. The first-order valence-electron chi connectivity index (χ1n) is 6.95. The predicted molar refractivity (Wildman–Crippen MR) is 82.3 cm³/mol. The van der Waals surface area contributed by atoms with Crippen LogP contribution in [0.25, 0.3) is 6.08 Å². The lowest BCUT2D eigenvalue weighted by Gasteiger charge is -2.08. The molecule has 1 aromatic heterocycles. The highest BCUT2D eigenvalue weighted by Gasteiger charge is 2.19. The quantitative estimate of drug-likeness (QED) is 0.876. The van der Waals surface area contributed by atoms with Gasteiger partial charge in [-0.1, -0.05) is 35.0 Å². The number of hydrogen-bond acceptors (Lipinski definition) is 3. The molecule has 0 atom stereocenters. The number of aromatic nitrogens is 1. The van der Waals surface area contributed by atoms with Gasteiger partial charge in [0.25, 0.3) is 5.91 Å².